The fraction of sp³-hybridized carbons (Fsp3) is 0.250. The molecule has 0 saturated heterocycles. The van der Waals surface area contributed by atoms with Gasteiger partial charge in [0.15, 0.2) is 0 Å². The van der Waals surface area contributed by atoms with E-state index in [0.717, 1.165) is 0 Å². The minimum Gasteiger partial charge on any atom is -0.275 e. The van der Waals surface area contributed by atoms with Crippen molar-refractivity contribution in [3.8, 4) is 0 Å². The van der Waals surface area contributed by atoms with Crippen LogP contribution in [0.4, 0.5) is 0 Å². The van der Waals surface area contributed by atoms with E-state index in [1.165, 1.54) is 6.08 Å². The Balaban J connectivity index is 3.82. The minimum absolute atomic E-state index is 0.0710. The van der Waals surface area contributed by atoms with Gasteiger partial charge in [-0.15, -0.1) is 0 Å². The molecule has 0 aliphatic rings. The maximum absolute atomic E-state index is 9.94. The van der Waals surface area contributed by atoms with Crippen LogP contribution in [-0.4, -0.2) is 5.24 Å². The van der Waals surface area contributed by atoms with Gasteiger partial charge in [-0.1, -0.05) is 17.7 Å². The highest BCUT2D eigenvalue weighted by molar-refractivity contribution is 6.74. The number of halogens is 2. The Morgan fingerprint density at radius 2 is 2.00 bits per heavy atom. The molecule has 0 spiro atoms. The standard InChI is InChI=1S/C4H4Cl2O/c1-2-3(5)4(6)7/h2H,1H3/b3-2-. The highest BCUT2D eigenvalue weighted by Gasteiger charge is 1.96. The smallest absolute Gasteiger partial charge is 0.263 e. The normalized spacial score (nSPS) is 11.6. The third-order valence-corrected chi connectivity index (χ3v) is 1.13. The first-order chi connectivity index (χ1) is 3.18. The maximum atomic E-state index is 9.94. The molecule has 0 aromatic carbocycles. The van der Waals surface area contributed by atoms with Crippen LogP contribution in [0.3, 0.4) is 0 Å². The second-order valence-electron chi connectivity index (χ2n) is 0.910. The zero-order valence-corrected chi connectivity index (χ0v) is 5.25. The van der Waals surface area contributed by atoms with Crippen LogP contribution in [-0.2, 0) is 4.79 Å². The van der Waals surface area contributed by atoms with E-state index in [9.17, 15) is 4.79 Å². The van der Waals surface area contributed by atoms with Crippen molar-refractivity contribution in [2.24, 2.45) is 0 Å². The molecule has 0 rings (SSSR count). The number of hydrogen-bond donors (Lipinski definition) is 0. The third kappa shape index (κ3) is 2.66. The van der Waals surface area contributed by atoms with Crippen molar-refractivity contribution >= 4 is 28.4 Å². The summed E-state index contributed by atoms with van der Waals surface area (Å²) in [5.74, 6) is 0. The molecule has 0 aliphatic heterocycles. The average molecular weight is 139 g/mol. The van der Waals surface area contributed by atoms with Gasteiger partial charge in [-0.2, -0.15) is 0 Å². The molecule has 0 atom stereocenters. The van der Waals surface area contributed by atoms with Crippen LogP contribution in [0.15, 0.2) is 11.1 Å². The molecule has 0 bridgehead atoms. The van der Waals surface area contributed by atoms with E-state index in [2.05, 4.69) is 0 Å². The van der Waals surface area contributed by atoms with Crippen molar-refractivity contribution < 1.29 is 4.79 Å². The van der Waals surface area contributed by atoms with Gasteiger partial charge < -0.3 is 0 Å². The molecule has 7 heavy (non-hydrogen) atoms. The molecule has 0 aromatic heterocycles. The van der Waals surface area contributed by atoms with Crippen LogP contribution in [0.25, 0.3) is 0 Å². The summed E-state index contributed by atoms with van der Waals surface area (Å²) in [5, 5.41) is -0.536. The third-order valence-electron chi connectivity index (χ3n) is 0.441. The van der Waals surface area contributed by atoms with Gasteiger partial charge in [-0.25, -0.2) is 0 Å². The summed E-state index contributed by atoms with van der Waals surface area (Å²) in [6.45, 7) is 1.64. The molecule has 0 unspecified atom stereocenters. The van der Waals surface area contributed by atoms with E-state index in [1.807, 2.05) is 0 Å². The van der Waals surface area contributed by atoms with Crippen molar-refractivity contribution in [1.29, 1.82) is 0 Å². The lowest BCUT2D eigenvalue weighted by Crippen LogP contribution is -1.80. The van der Waals surface area contributed by atoms with Crippen molar-refractivity contribution in [1.82, 2.24) is 0 Å². The quantitative estimate of drug-likeness (QED) is 0.400. The summed E-state index contributed by atoms with van der Waals surface area (Å²) in [4.78, 5) is 9.94. The van der Waals surface area contributed by atoms with E-state index >= 15 is 0 Å². The Hall–Kier alpha value is -0.0100. The SMILES string of the molecule is C/C=C(\Cl)C(=O)Cl. The van der Waals surface area contributed by atoms with Crippen LogP contribution < -0.4 is 0 Å². The average Bonchev–Trinajstić information content (AvgIpc) is 1.65. The highest BCUT2D eigenvalue weighted by atomic mass is 35.5. The molecule has 0 fully saturated rings. The van der Waals surface area contributed by atoms with E-state index in [1.54, 1.807) is 6.92 Å². The molecule has 0 radical (unpaired) electrons. The van der Waals surface area contributed by atoms with Crippen molar-refractivity contribution in [2.45, 2.75) is 6.92 Å². The summed E-state index contributed by atoms with van der Waals surface area (Å²) in [6, 6.07) is 0. The van der Waals surface area contributed by atoms with E-state index in [-0.39, 0.29) is 5.03 Å². The van der Waals surface area contributed by atoms with Crippen LogP contribution in [0.5, 0.6) is 0 Å². The highest BCUT2D eigenvalue weighted by Crippen LogP contribution is 2.03. The van der Waals surface area contributed by atoms with Crippen molar-refractivity contribution in [3.63, 3.8) is 0 Å². The molecule has 0 aliphatic carbocycles. The Bertz CT molecular complexity index is 106. The van der Waals surface area contributed by atoms with Gasteiger partial charge in [0.25, 0.3) is 5.24 Å². The predicted octanol–water partition coefficient (Wildman–Crippen LogP) is 1.89. The Kier molecular flexibility index (Phi) is 3.05. The summed E-state index contributed by atoms with van der Waals surface area (Å²) in [5.41, 5.74) is 0. The Morgan fingerprint density at radius 1 is 1.57 bits per heavy atom. The first kappa shape index (κ1) is 6.99. The van der Waals surface area contributed by atoms with Crippen LogP contribution >= 0.6 is 23.2 Å². The van der Waals surface area contributed by atoms with Gasteiger partial charge in [0.05, 0.1) is 5.03 Å². The first-order valence-corrected chi connectivity index (χ1v) is 2.45. The summed E-state index contributed by atoms with van der Waals surface area (Å²) in [6.07, 6.45) is 1.44. The number of carbonyl (C=O) groups is 1. The second-order valence-corrected chi connectivity index (χ2v) is 1.66. The molecule has 1 nitrogen and oxygen atoms in total. The topological polar surface area (TPSA) is 17.1 Å². The fourth-order valence-corrected chi connectivity index (χ4v) is 0.223. The molecule has 0 saturated carbocycles. The predicted molar refractivity (Wildman–Crippen MR) is 30.5 cm³/mol. The second kappa shape index (κ2) is 3.05. The zero-order valence-electron chi connectivity index (χ0n) is 3.74. The molecule has 0 heterocycles. The van der Waals surface area contributed by atoms with Crippen molar-refractivity contribution in [3.05, 3.63) is 11.1 Å². The van der Waals surface area contributed by atoms with Gasteiger partial charge in [0, 0.05) is 0 Å². The summed E-state index contributed by atoms with van der Waals surface area (Å²) >= 11 is 10.1. The Morgan fingerprint density at radius 3 is 2.00 bits per heavy atom. The Labute approximate surface area is 51.9 Å². The number of hydrogen-bond acceptors (Lipinski definition) is 1. The lowest BCUT2D eigenvalue weighted by Gasteiger charge is -1.79. The monoisotopic (exact) mass is 138 g/mol. The van der Waals surface area contributed by atoms with Gasteiger partial charge in [0.2, 0.25) is 0 Å². The van der Waals surface area contributed by atoms with Crippen LogP contribution in [0, 0.1) is 0 Å². The van der Waals surface area contributed by atoms with E-state index in [0.29, 0.717) is 0 Å². The summed E-state index contributed by atoms with van der Waals surface area (Å²) < 4.78 is 0. The van der Waals surface area contributed by atoms with Crippen LogP contribution in [0.1, 0.15) is 6.92 Å². The molecule has 0 N–H and O–H groups in total. The zero-order chi connectivity index (χ0) is 5.86. The molecular weight excluding hydrogens is 135 g/mol. The lowest BCUT2D eigenvalue weighted by molar-refractivity contribution is -0.108. The van der Waals surface area contributed by atoms with Gasteiger partial charge in [0.1, 0.15) is 0 Å². The summed E-state index contributed by atoms with van der Waals surface area (Å²) in [7, 11) is 0. The lowest BCUT2D eigenvalue weighted by atomic mass is 10.6. The molecule has 3 heteroatoms. The number of rotatable bonds is 1. The minimum atomic E-state index is -0.607. The van der Waals surface area contributed by atoms with Gasteiger partial charge in [-0.05, 0) is 18.5 Å². The number of carbonyl (C=O) groups excluding carboxylic acids is 1. The van der Waals surface area contributed by atoms with Gasteiger partial charge in [-0.3, -0.25) is 4.79 Å². The first-order valence-electron chi connectivity index (χ1n) is 1.70. The van der Waals surface area contributed by atoms with Crippen LogP contribution in [0.2, 0.25) is 0 Å². The largest absolute Gasteiger partial charge is 0.275 e. The number of allylic oxidation sites excluding steroid dienone is 2. The van der Waals surface area contributed by atoms with Crippen molar-refractivity contribution in [2.75, 3.05) is 0 Å². The molecular formula is C4H4Cl2O. The molecule has 40 valence electrons. The van der Waals surface area contributed by atoms with Gasteiger partial charge >= 0.3 is 0 Å². The van der Waals surface area contributed by atoms with E-state index < -0.39 is 5.24 Å². The van der Waals surface area contributed by atoms with E-state index in [4.69, 9.17) is 23.2 Å². The maximum Gasteiger partial charge on any atom is 0.263 e. The fourth-order valence-electron chi connectivity index (χ4n) is 0.113. The molecule has 0 aromatic rings. The molecule has 0 amide bonds.